The van der Waals surface area contributed by atoms with E-state index < -0.39 is 0 Å². The van der Waals surface area contributed by atoms with Gasteiger partial charge >= 0.3 is 0 Å². The fourth-order valence-electron chi connectivity index (χ4n) is 3.23. The summed E-state index contributed by atoms with van der Waals surface area (Å²) < 4.78 is 13.4. The number of hydrogen-bond donors (Lipinski definition) is 1. The summed E-state index contributed by atoms with van der Waals surface area (Å²) in [4.78, 5) is 4.39. The van der Waals surface area contributed by atoms with E-state index in [-0.39, 0.29) is 11.7 Å². The predicted octanol–water partition coefficient (Wildman–Crippen LogP) is 2.59. The van der Waals surface area contributed by atoms with E-state index in [1.165, 1.54) is 4.70 Å². The van der Waals surface area contributed by atoms with E-state index in [0.717, 1.165) is 43.6 Å². The Balaban J connectivity index is 1.51. The zero-order valence-electron chi connectivity index (χ0n) is 11.3. The number of hydrogen-bond acceptors (Lipinski definition) is 5. The van der Waals surface area contributed by atoms with Crippen LogP contribution in [-0.4, -0.2) is 36.4 Å². The maximum Gasteiger partial charge on any atom is 0.222 e. The van der Waals surface area contributed by atoms with Crippen LogP contribution in [0, 0.1) is 0 Å². The molecule has 1 N–H and O–H groups in total. The zero-order valence-corrected chi connectivity index (χ0v) is 12.1. The van der Waals surface area contributed by atoms with Gasteiger partial charge in [-0.1, -0.05) is 0 Å². The molecular weight excluding hydrogens is 272 g/mol. The molecule has 4 rings (SSSR count). The topological polar surface area (TPSA) is 43.4 Å². The molecule has 0 saturated carbocycles. The van der Waals surface area contributed by atoms with Gasteiger partial charge in [-0.2, -0.15) is 0 Å². The van der Waals surface area contributed by atoms with Crippen molar-refractivity contribution in [2.24, 2.45) is 0 Å². The van der Waals surface area contributed by atoms with Crippen LogP contribution in [-0.2, 0) is 4.74 Å². The normalized spacial score (nSPS) is 25.3. The molecule has 20 heavy (non-hydrogen) atoms. The molecule has 2 aliphatic rings. The Bertz CT molecular complexity index is 607. The van der Waals surface area contributed by atoms with E-state index in [4.69, 9.17) is 9.47 Å². The van der Waals surface area contributed by atoms with Crippen molar-refractivity contribution >= 4 is 21.4 Å². The van der Waals surface area contributed by atoms with Gasteiger partial charge in [-0.3, -0.25) is 0 Å². The van der Waals surface area contributed by atoms with Gasteiger partial charge < -0.3 is 14.8 Å². The van der Waals surface area contributed by atoms with Crippen molar-refractivity contribution in [1.29, 1.82) is 0 Å². The molecule has 0 aromatic carbocycles. The standard InChI is InChI=1S/C15H18N2O2S/c1-5-17-14(12-2-8-20-13(1)12)19-11-9-15(18-10-11)3-6-16-7-4-15/h1-2,5,8,11,16H,3-4,6-7,9-10H2. The van der Waals surface area contributed by atoms with Crippen LogP contribution >= 0.6 is 11.3 Å². The average Bonchev–Trinajstić information content (AvgIpc) is 3.08. The Morgan fingerprint density at radius 3 is 3.15 bits per heavy atom. The number of ether oxygens (including phenoxy) is 2. The van der Waals surface area contributed by atoms with Crippen molar-refractivity contribution < 1.29 is 9.47 Å². The van der Waals surface area contributed by atoms with Crippen molar-refractivity contribution in [3.63, 3.8) is 0 Å². The number of thiophene rings is 1. The Morgan fingerprint density at radius 2 is 2.25 bits per heavy atom. The molecule has 2 saturated heterocycles. The molecule has 2 aliphatic heterocycles. The highest BCUT2D eigenvalue weighted by atomic mass is 32.1. The minimum atomic E-state index is 0.0401. The van der Waals surface area contributed by atoms with E-state index in [2.05, 4.69) is 21.7 Å². The lowest BCUT2D eigenvalue weighted by molar-refractivity contribution is -0.0205. The largest absolute Gasteiger partial charge is 0.471 e. The molecule has 1 atom stereocenters. The second kappa shape index (κ2) is 4.98. The SMILES string of the molecule is c1cc2sccc2c(OC2COC3(CCNCC3)C2)n1. The first-order chi connectivity index (χ1) is 9.85. The van der Waals surface area contributed by atoms with Crippen LogP contribution in [0.3, 0.4) is 0 Å². The van der Waals surface area contributed by atoms with Crippen LogP contribution in [0.15, 0.2) is 23.7 Å². The maximum absolute atomic E-state index is 6.12. The lowest BCUT2D eigenvalue weighted by Gasteiger charge is -2.32. The number of aromatic nitrogens is 1. The highest BCUT2D eigenvalue weighted by Crippen LogP contribution is 2.36. The van der Waals surface area contributed by atoms with Crippen molar-refractivity contribution in [2.45, 2.75) is 31.0 Å². The number of nitrogens with one attached hydrogen (secondary N) is 1. The lowest BCUT2D eigenvalue weighted by Crippen LogP contribution is -2.41. The van der Waals surface area contributed by atoms with Crippen LogP contribution in [0.1, 0.15) is 19.3 Å². The van der Waals surface area contributed by atoms with Crippen LogP contribution in [0.5, 0.6) is 5.88 Å². The van der Waals surface area contributed by atoms with Gasteiger partial charge in [0, 0.05) is 17.3 Å². The second-order valence-electron chi connectivity index (χ2n) is 5.64. The summed E-state index contributed by atoms with van der Waals surface area (Å²) in [5, 5.41) is 6.59. The Labute approximate surface area is 122 Å². The fourth-order valence-corrected chi connectivity index (χ4v) is 4.00. The maximum atomic E-state index is 6.12. The summed E-state index contributed by atoms with van der Waals surface area (Å²) in [6, 6.07) is 4.12. The molecular formula is C15H18N2O2S. The molecule has 106 valence electrons. The lowest BCUT2D eigenvalue weighted by atomic mass is 9.89. The molecule has 0 aliphatic carbocycles. The first kappa shape index (κ1) is 12.6. The van der Waals surface area contributed by atoms with Gasteiger partial charge in [0.25, 0.3) is 0 Å². The zero-order chi connectivity index (χ0) is 13.4. The average molecular weight is 290 g/mol. The van der Waals surface area contributed by atoms with Crippen molar-refractivity contribution in [3.05, 3.63) is 23.7 Å². The molecule has 1 unspecified atom stereocenters. The first-order valence-electron chi connectivity index (χ1n) is 7.18. The molecule has 4 heterocycles. The summed E-state index contributed by atoms with van der Waals surface area (Å²) in [7, 11) is 0. The van der Waals surface area contributed by atoms with Gasteiger partial charge in [-0.15, -0.1) is 11.3 Å². The van der Waals surface area contributed by atoms with E-state index in [1.807, 2.05) is 12.3 Å². The number of nitrogens with zero attached hydrogens (tertiary/aromatic N) is 1. The van der Waals surface area contributed by atoms with Gasteiger partial charge in [-0.05, 0) is 43.4 Å². The summed E-state index contributed by atoms with van der Waals surface area (Å²) in [5.41, 5.74) is 0.0401. The number of rotatable bonds is 2. The number of piperidine rings is 1. The molecule has 4 nitrogen and oxygen atoms in total. The molecule has 2 fully saturated rings. The number of fused-ring (bicyclic) bond motifs is 1. The van der Waals surface area contributed by atoms with Crippen LogP contribution in [0.4, 0.5) is 0 Å². The van der Waals surface area contributed by atoms with Crippen LogP contribution in [0.2, 0.25) is 0 Å². The smallest absolute Gasteiger partial charge is 0.222 e. The molecule has 2 aromatic rings. The minimum absolute atomic E-state index is 0.0401. The van der Waals surface area contributed by atoms with Crippen molar-refractivity contribution in [1.82, 2.24) is 10.3 Å². The molecule has 1 spiro atoms. The first-order valence-corrected chi connectivity index (χ1v) is 8.06. The van der Waals surface area contributed by atoms with Gasteiger partial charge in [0.2, 0.25) is 5.88 Å². The Morgan fingerprint density at radius 1 is 1.35 bits per heavy atom. The molecule has 2 aromatic heterocycles. The minimum Gasteiger partial charge on any atom is -0.471 e. The molecule has 0 amide bonds. The van der Waals surface area contributed by atoms with E-state index in [1.54, 1.807) is 11.3 Å². The van der Waals surface area contributed by atoms with Crippen molar-refractivity contribution in [3.8, 4) is 5.88 Å². The van der Waals surface area contributed by atoms with Gasteiger partial charge in [0.1, 0.15) is 6.10 Å². The molecule has 0 bridgehead atoms. The fraction of sp³-hybridized carbons (Fsp3) is 0.533. The summed E-state index contributed by atoms with van der Waals surface area (Å²) in [6.07, 6.45) is 5.11. The van der Waals surface area contributed by atoms with Gasteiger partial charge in [0.15, 0.2) is 0 Å². The van der Waals surface area contributed by atoms with Crippen molar-refractivity contribution in [2.75, 3.05) is 19.7 Å². The third-order valence-electron chi connectivity index (χ3n) is 4.31. The van der Waals surface area contributed by atoms with E-state index >= 15 is 0 Å². The van der Waals surface area contributed by atoms with Gasteiger partial charge in [-0.25, -0.2) is 4.98 Å². The highest BCUT2D eigenvalue weighted by Gasteiger charge is 2.42. The molecule has 0 radical (unpaired) electrons. The monoisotopic (exact) mass is 290 g/mol. The van der Waals surface area contributed by atoms with Crippen LogP contribution < -0.4 is 10.1 Å². The number of pyridine rings is 1. The third kappa shape index (κ3) is 2.20. The Hall–Kier alpha value is -1.17. The predicted molar refractivity (Wildman–Crippen MR) is 79.4 cm³/mol. The summed E-state index contributed by atoms with van der Waals surface area (Å²) in [5.74, 6) is 0.753. The van der Waals surface area contributed by atoms with E-state index in [9.17, 15) is 0 Å². The molecule has 5 heteroatoms. The van der Waals surface area contributed by atoms with Crippen LogP contribution in [0.25, 0.3) is 10.1 Å². The van der Waals surface area contributed by atoms with Gasteiger partial charge in [0.05, 0.1) is 17.6 Å². The second-order valence-corrected chi connectivity index (χ2v) is 6.58. The summed E-state index contributed by atoms with van der Waals surface area (Å²) >= 11 is 1.72. The quantitative estimate of drug-likeness (QED) is 0.923. The highest BCUT2D eigenvalue weighted by molar-refractivity contribution is 7.17. The third-order valence-corrected chi connectivity index (χ3v) is 5.19. The van der Waals surface area contributed by atoms with E-state index in [0.29, 0.717) is 6.61 Å². The Kier molecular flexibility index (Phi) is 3.13. The summed E-state index contributed by atoms with van der Waals surface area (Å²) in [6.45, 7) is 2.78.